The third-order valence-electron chi connectivity index (χ3n) is 4.80. The highest BCUT2D eigenvalue weighted by Gasteiger charge is 2.28. The van der Waals surface area contributed by atoms with Crippen molar-refractivity contribution < 1.29 is 22.7 Å². The van der Waals surface area contributed by atoms with Gasteiger partial charge in [0.05, 0.1) is 30.2 Å². The van der Waals surface area contributed by atoms with Crippen molar-refractivity contribution in [2.75, 3.05) is 31.2 Å². The Bertz CT molecular complexity index is 1040. The molecule has 3 N–H and O–H groups in total. The minimum atomic E-state index is -3.57. The highest BCUT2D eigenvalue weighted by Crippen LogP contribution is 2.23. The van der Waals surface area contributed by atoms with E-state index in [4.69, 9.17) is 4.74 Å². The van der Waals surface area contributed by atoms with E-state index < -0.39 is 21.8 Å². The summed E-state index contributed by atoms with van der Waals surface area (Å²) in [4.78, 5) is 31.1. The van der Waals surface area contributed by atoms with Gasteiger partial charge in [0.2, 0.25) is 15.9 Å². The van der Waals surface area contributed by atoms with Gasteiger partial charge in [0.15, 0.2) is 5.13 Å². The molecule has 4 rings (SSSR count). The number of carbonyl (C=O) groups is 2. The van der Waals surface area contributed by atoms with Gasteiger partial charge in [0, 0.05) is 30.1 Å². The molecule has 0 radical (unpaired) electrons. The van der Waals surface area contributed by atoms with Gasteiger partial charge in [-0.1, -0.05) is 0 Å². The van der Waals surface area contributed by atoms with Gasteiger partial charge >= 0.3 is 0 Å². The number of benzene rings is 1. The molecule has 12 heteroatoms. The number of morpholine rings is 1. The van der Waals surface area contributed by atoms with Crippen LogP contribution in [0.3, 0.4) is 0 Å². The van der Waals surface area contributed by atoms with Crippen molar-refractivity contribution in [1.82, 2.24) is 20.6 Å². The van der Waals surface area contributed by atoms with Crippen LogP contribution >= 0.6 is 11.3 Å². The molecule has 0 unspecified atom stereocenters. The van der Waals surface area contributed by atoms with Crippen molar-refractivity contribution in [1.29, 1.82) is 0 Å². The minimum absolute atomic E-state index is 0.00542. The predicted molar refractivity (Wildman–Crippen MR) is 114 cm³/mol. The summed E-state index contributed by atoms with van der Waals surface area (Å²) < 4.78 is 32.2. The number of nitrogens with one attached hydrogen (secondary N) is 3. The molecular weight excluding hydrogens is 442 g/mol. The standard InChI is InChI=1S/C19H23N5O5S2/c25-17(11-15-12-30-19(20-15)24-7-9-29-10-8-24)21-22-18(26)13-1-5-16(6-2-13)31(27,28)23-14-3-4-14/h1-2,5-6,12,14,23H,3-4,7-11H2,(H,21,25)(H,22,26). The van der Waals surface area contributed by atoms with Crippen molar-refractivity contribution in [3.8, 4) is 0 Å². The Balaban J connectivity index is 1.26. The van der Waals surface area contributed by atoms with Gasteiger partial charge in [-0.15, -0.1) is 11.3 Å². The zero-order chi connectivity index (χ0) is 21.8. The number of amides is 2. The van der Waals surface area contributed by atoms with Crippen LogP contribution in [0.2, 0.25) is 0 Å². The Kier molecular flexibility index (Phi) is 6.51. The second-order valence-electron chi connectivity index (χ2n) is 7.32. The number of hydrogen-bond donors (Lipinski definition) is 3. The zero-order valence-electron chi connectivity index (χ0n) is 16.7. The summed E-state index contributed by atoms with van der Waals surface area (Å²) in [5.41, 5.74) is 5.55. The summed E-state index contributed by atoms with van der Waals surface area (Å²) in [6, 6.07) is 5.54. The van der Waals surface area contributed by atoms with Crippen molar-refractivity contribution in [3.05, 3.63) is 40.9 Å². The van der Waals surface area contributed by atoms with Gasteiger partial charge in [-0.05, 0) is 37.1 Å². The van der Waals surface area contributed by atoms with Crippen LogP contribution in [0, 0.1) is 0 Å². The Morgan fingerprint density at radius 3 is 2.52 bits per heavy atom. The van der Waals surface area contributed by atoms with E-state index >= 15 is 0 Å². The zero-order valence-corrected chi connectivity index (χ0v) is 18.3. The molecule has 0 atom stereocenters. The molecule has 1 aromatic carbocycles. The van der Waals surface area contributed by atoms with E-state index in [9.17, 15) is 18.0 Å². The van der Waals surface area contributed by atoms with Gasteiger partial charge < -0.3 is 9.64 Å². The fraction of sp³-hybridized carbons (Fsp3) is 0.421. The molecule has 1 aromatic heterocycles. The maximum atomic E-state index is 12.2. The molecule has 166 valence electrons. The lowest BCUT2D eigenvalue weighted by molar-refractivity contribution is -0.121. The normalized spacial score (nSPS) is 16.7. The first-order valence-corrected chi connectivity index (χ1v) is 12.3. The number of rotatable bonds is 7. The Labute approximate surface area is 184 Å². The highest BCUT2D eigenvalue weighted by molar-refractivity contribution is 7.89. The van der Waals surface area contributed by atoms with Gasteiger partial charge in [0.25, 0.3) is 5.91 Å². The molecule has 0 spiro atoms. The first-order valence-electron chi connectivity index (χ1n) is 9.89. The van der Waals surface area contributed by atoms with E-state index in [0.29, 0.717) is 18.9 Å². The summed E-state index contributed by atoms with van der Waals surface area (Å²) in [5.74, 6) is -0.945. The van der Waals surface area contributed by atoms with Crippen LogP contribution in [-0.4, -0.2) is 57.6 Å². The van der Waals surface area contributed by atoms with Gasteiger partial charge in [0.1, 0.15) is 0 Å². The van der Waals surface area contributed by atoms with E-state index in [1.165, 1.54) is 35.6 Å². The van der Waals surface area contributed by atoms with Crippen LogP contribution in [0.15, 0.2) is 34.5 Å². The molecule has 0 bridgehead atoms. The Morgan fingerprint density at radius 1 is 1.13 bits per heavy atom. The highest BCUT2D eigenvalue weighted by atomic mass is 32.2. The smallest absolute Gasteiger partial charge is 0.269 e. The molecule has 1 aliphatic heterocycles. The SMILES string of the molecule is O=C(Cc1csc(N2CCOCC2)n1)NNC(=O)c1ccc(S(=O)(=O)NC2CC2)cc1. The number of sulfonamides is 1. The summed E-state index contributed by atoms with van der Waals surface area (Å²) in [7, 11) is -3.57. The third kappa shape index (κ3) is 5.79. The van der Waals surface area contributed by atoms with E-state index in [0.717, 1.165) is 31.1 Å². The van der Waals surface area contributed by atoms with Crippen LogP contribution in [0.5, 0.6) is 0 Å². The van der Waals surface area contributed by atoms with Crippen LogP contribution in [-0.2, 0) is 26.0 Å². The average molecular weight is 466 g/mol. The van der Waals surface area contributed by atoms with Crippen molar-refractivity contribution in [2.24, 2.45) is 0 Å². The molecule has 2 amide bonds. The Morgan fingerprint density at radius 2 is 1.84 bits per heavy atom. The largest absolute Gasteiger partial charge is 0.378 e. The molecule has 2 heterocycles. The molecule has 2 fully saturated rings. The van der Waals surface area contributed by atoms with E-state index in [1.807, 2.05) is 5.38 Å². The molecule has 31 heavy (non-hydrogen) atoms. The fourth-order valence-corrected chi connectivity index (χ4v) is 5.14. The quantitative estimate of drug-likeness (QED) is 0.506. The first kappa shape index (κ1) is 21.7. The number of hydrazine groups is 1. The van der Waals surface area contributed by atoms with Crippen LogP contribution in [0.25, 0.3) is 0 Å². The maximum absolute atomic E-state index is 12.2. The molecule has 1 saturated carbocycles. The molecule has 1 aliphatic carbocycles. The predicted octanol–water partition coefficient (Wildman–Crippen LogP) is 0.424. The average Bonchev–Trinajstić information content (AvgIpc) is 3.46. The molecule has 1 saturated heterocycles. The number of carbonyl (C=O) groups excluding carboxylic acids is 2. The van der Waals surface area contributed by atoms with Crippen LogP contribution < -0.4 is 20.5 Å². The molecular formula is C19H23N5O5S2. The Hall–Kier alpha value is -2.54. The number of hydrogen-bond acceptors (Lipinski definition) is 8. The summed E-state index contributed by atoms with van der Waals surface area (Å²) in [5, 5.41) is 2.67. The fourth-order valence-electron chi connectivity index (χ4n) is 2.96. The van der Waals surface area contributed by atoms with Gasteiger partial charge in [-0.2, -0.15) is 0 Å². The lowest BCUT2D eigenvalue weighted by atomic mass is 10.2. The number of aromatic nitrogens is 1. The monoisotopic (exact) mass is 465 g/mol. The second kappa shape index (κ2) is 9.30. The lowest BCUT2D eigenvalue weighted by Crippen LogP contribution is -2.42. The minimum Gasteiger partial charge on any atom is -0.378 e. The second-order valence-corrected chi connectivity index (χ2v) is 9.87. The number of thiazole rings is 1. The number of nitrogens with zero attached hydrogens (tertiary/aromatic N) is 2. The number of ether oxygens (including phenoxy) is 1. The van der Waals surface area contributed by atoms with E-state index in [2.05, 4.69) is 25.5 Å². The van der Waals surface area contributed by atoms with Crippen LogP contribution in [0.4, 0.5) is 5.13 Å². The first-order chi connectivity index (χ1) is 14.9. The summed E-state index contributed by atoms with van der Waals surface area (Å²) in [6.45, 7) is 2.86. The van der Waals surface area contributed by atoms with Crippen molar-refractivity contribution in [2.45, 2.75) is 30.2 Å². The molecule has 2 aliphatic rings. The maximum Gasteiger partial charge on any atom is 0.269 e. The molecule has 10 nitrogen and oxygen atoms in total. The number of anilines is 1. The van der Waals surface area contributed by atoms with Crippen LogP contribution in [0.1, 0.15) is 28.9 Å². The molecule has 2 aromatic rings. The van der Waals surface area contributed by atoms with E-state index in [-0.39, 0.29) is 22.9 Å². The van der Waals surface area contributed by atoms with Gasteiger partial charge in [-0.25, -0.2) is 18.1 Å². The lowest BCUT2D eigenvalue weighted by Gasteiger charge is -2.26. The van der Waals surface area contributed by atoms with Gasteiger partial charge in [-0.3, -0.25) is 20.4 Å². The van der Waals surface area contributed by atoms with Crippen molar-refractivity contribution in [3.63, 3.8) is 0 Å². The third-order valence-corrected chi connectivity index (χ3v) is 7.29. The topological polar surface area (TPSA) is 130 Å². The van der Waals surface area contributed by atoms with E-state index in [1.54, 1.807) is 0 Å². The summed E-state index contributed by atoms with van der Waals surface area (Å²) in [6.07, 6.45) is 1.72. The summed E-state index contributed by atoms with van der Waals surface area (Å²) >= 11 is 1.47. The van der Waals surface area contributed by atoms with Crippen molar-refractivity contribution >= 4 is 38.3 Å².